The maximum absolute atomic E-state index is 12.6. The molecule has 8 atom stereocenters. The Balaban J connectivity index is 0.000000328. The third kappa shape index (κ3) is 2.12. The summed E-state index contributed by atoms with van der Waals surface area (Å²) in [4.78, 5) is 12.6. The first-order chi connectivity index (χ1) is 13.5. The Morgan fingerprint density at radius 3 is 2.41 bits per heavy atom. The number of aromatic nitrogens is 4. The van der Waals surface area contributed by atoms with Gasteiger partial charge in [-0.15, -0.1) is 4.68 Å². The Morgan fingerprint density at radius 1 is 1.17 bits per heavy atom. The first-order valence-corrected chi connectivity index (χ1v) is 9.71. The van der Waals surface area contributed by atoms with Gasteiger partial charge in [0, 0.05) is 16.3 Å². The van der Waals surface area contributed by atoms with E-state index in [1.807, 2.05) is 11.7 Å². The van der Waals surface area contributed by atoms with E-state index in [0.717, 1.165) is 12.8 Å². The van der Waals surface area contributed by atoms with E-state index in [1.165, 1.54) is 0 Å². The Hall–Kier alpha value is -2.27. The molecule has 0 spiro atoms. The fourth-order valence-electron chi connectivity index (χ4n) is 7.36. The van der Waals surface area contributed by atoms with E-state index < -0.39 is 12.8 Å². The molecule has 0 radical (unpaired) electrons. The molecule has 0 amide bonds. The Bertz CT molecular complexity index is 958. The molecule has 4 aliphatic carbocycles. The number of halogens is 4. The Labute approximate surface area is 163 Å². The standard InChI is InChI=1S/C17H20N5O2.BF4/c1-16-11-5-4-10(8-11)14(16)21-15(20(2)18-19-21)17(22(23)24)12-6-3-9(7-12)13(16)17;2-1(3,4)5/h3-6,9-14H,7-8H2,1-2H3;/q+1;-1/t9-,10+,11-,12+,13-,14-,16-,17+;/m1./s1. The van der Waals surface area contributed by atoms with Gasteiger partial charge in [-0.3, -0.25) is 10.1 Å². The average Bonchev–Trinajstić information content (AvgIpc) is 3.38. The lowest BCUT2D eigenvalue weighted by molar-refractivity contribution is -0.767. The number of hydrogen-bond donors (Lipinski definition) is 0. The van der Waals surface area contributed by atoms with Crippen LogP contribution in [-0.4, -0.2) is 27.3 Å². The molecule has 5 aliphatic rings. The molecule has 2 fully saturated rings. The molecule has 0 aromatic carbocycles. The van der Waals surface area contributed by atoms with Crippen LogP contribution in [0.1, 0.15) is 31.6 Å². The van der Waals surface area contributed by atoms with Crippen LogP contribution in [0.25, 0.3) is 0 Å². The number of aryl methyl sites for hydroxylation is 1. The molecule has 2 saturated carbocycles. The predicted octanol–water partition coefficient (Wildman–Crippen LogP) is 2.46. The van der Waals surface area contributed by atoms with Gasteiger partial charge in [-0.25, -0.2) is 0 Å². The van der Waals surface area contributed by atoms with Gasteiger partial charge in [-0.05, 0) is 24.7 Å². The van der Waals surface area contributed by atoms with Gasteiger partial charge in [0.15, 0.2) is 5.21 Å². The van der Waals surface area contributed by atoms with Gasteiger partial charge >= 0.3 is 18.6 Å². The van der Waals surface area contributed by atoms with Crippen molar-refractivity contribution in [2.24, 2.45) is 42.1 Å². The van der Waals surface area contributed by atoms with Crippen LogP contribution >= 0.6 is 0 Å². The van der Waals surface area contributed by atoms with Crippen molar-refractivity contribution in [3.63, 3.8) is 0 Å². The monoisotopic (exact) mass is 413 g/mol. The summed E-state index contributed by atoms with van der Waals surface area (Å²) in [7, 11) is -4.19. The van der Waals surface area contributed by atoms with Gasteiger partial charge in [0.25, 0.3) is 0 Å². The lowest BCUT2D eigenvalue weighted by Gasteiger charge is -2.50. The van der Waals surface area contributed by atoms with Crippen LogP contribution in [0.2, 0.25) is 0 Å². The summed E-state index contributed by atoms with van der Waals surface area (Å²) < 4.78 is 42.6. The maximum atomic E-state index is 12.6. The number of hydrogen-bond acceptors (Lipinski definition) is 4. The molecular formula is C17H20BF4N5O2. The quantitative estimate of drug-likeness (QED) is 0.177. The summed E-state index contributed by atoms with van der Waals surface area (Å²) in [6, 6.07) is 0.196. The summed E-state index contributed by atoms with van der Waals surface area (Å²) in [5, 5.41) is 21.2. The highest BCUT2D eigenvalue weighted by Gasteiger charge is 2.82. The van der Waals surface area contributed by atoms with Crippen molar-refractivity contribution in [2.75, 3.05) is 0 Å². The fourth-order valence-corrected chi connectivity index (χ4v) is 7.36. The van der Waals surface area contributed by atoms with Gasteiger partial charge in [-0.1, -0.05) is 35.9 Å². The number of nitro groups is 1. The molecule has 7 nitrogen and oxygen atoms in total. The zero-order chi connectivity index (χ0) is 20.9. The van der Waals surface area contributed by atoms with Gasteiger partial charge in [0.2, 0.25) is 0 Å². The molecule has 156 valence electrons. The van der Waals surface area contributed by atoms with E-state index in [2.05, 4.69) is 41.7 Å². The number of tetrazole rings is 1. The molecule has 29 heavy (non-hydrogen) atoms. The van der Waals surface area contributed by atoms with E-state index in [9.17, 15) is 27.4 Å². The van der Waals surface area contributed by atoms with Crippen LogP contribution in [0.3, 0.4) is 0 Å². The number of fused-ring (bicyclic) bond motifs is 14. The average molecular weight is 413 g/mol. The smallest absolute Gasteiger partial charge is 0.418 e. The van der Waals surface area contributed by atoms with Crippen LogP contribution < -0.4 is 4.68 Å². The molecule has 0 unspecified atom stereocenters. The predicted molar refractivity (Wildman–Crippen MR) is 92.2 cm³/mol. The normalized spacial score (nSPS) is 44.9. The van der Waals surface area contributed by atoms with E-state index in [-0.39, 0.29) is 28.2 Å². The topological polar surface area (TPSA) is 77.7 Å². The minimum absolute atomic E-state index is 0.00178. The van der Waals surface area contributed by atoms with Crippen molar-refractivity contribution in [2.45, 2.75) is 31.3 Å². The molecule has 1 aliphatic heterocycles. The molecular weight excluding hydrogens is 393 g/mol. The van der Waals surface area contributed by atoms with E-state index in [4.69, 9.17) is 0 Å². The third-order valence-corrected chi connectivity index (χ3v) is 7.93. The van der Waals surface area contributed by atoms with Crippen LogP contribution in [0.5, 0.6) is 0 Å². The zero-order valence-corrected chi connectivity index (χ0v) is 15.8. The van der Waals surface area contributed by atoms with Gasteiger partial charge in [-0.2, -0.15) is 0 Å². The van der Waals surface area contributed by atoms with Crippen molar-refractivity contribution < 1.29 is 26.9 Å². The van der Waals surface area contributed by atoms with E-state index in [1.54, 1.807) is 4.68 Å². The second-order valence-corrected chi connectivity index (χ2v) is 9.02. The number of allylic oxidation sites excluding steroid dienone is 3. The van der Waals surface area contributed by atoms with Crippen molar-refractivity contribution in [3.05, 3.63) is 40.2 Å². The molecule has 0 N–H and O–H groups in total. The minimum Gasteiger partial charge on any atom is -0.418 e. The summed E-state index contributed by atoms with van der Waals surface area (Å²) in [6.07, 6.45) is 10.9. The van der Waals surface area contributed by atoms with Crippen molar-refractivity contribution >= 4 is 7.25 Å². The van der Waals surface area contributed by atoms with Crippen molar-refractivity contribution in [1.82, 2.24) is 15.1 Å². The van der Waals surface area contributed by atoms with Crippen LogP contribution in [0, 0.1) is 45.1 Å². The lowest BCUT2D eigenvalue weighted by Crippen LogP contribution is -2.64. The summed E-state index contributed by atoms with van der Waals surface area (Å²) in [6.45, 7) is 2.29. The number of nitrogens with zero attached hydrogens (tertiary/aromatic N) is 5. The second-order valence-electron chi connectivity index (χ2n) is 9.02. The third-order valence-electron chi connectivity index (χ3n) is 7.93. The lowest BCUT2D eigenvalue weighted by atomic mass is 9.54. The Kier molecular flexibility index (Phi) is 3.52. The highest BCUT2D eigenvalue weighted by Crippen LogP contribution is 2.74. The molecule has 1 aromatic heterocycles. The Morgan fingerprint density at radius 2 is 1.76 bits per heavy atom. The summed E-state index contributed by atoms with van der Waals surface area (Å²) in [5.41, 5.74) is -1.20. The van der Waals surface area contributed by atoms with Crippen LogP contribution in [-0.2, 0) is 12.6 Å². The van der Waals surface area contributed by atoms with Gasteiger partial charge in [0.1, 0.15) is 11.3 Å². The fraction of sp³-hybridized carbons (Fsp3) is 0.706. The van der Waals surface area contributed by atoms with E-state index in [0.29, 0.717) is 23.6 Å². The van der Waals surface area contributed by atoms with Crippen LogP contribution in [0.15, 0.2) is 24.3 Å². The zero-order valence-electron chi connectivity index (χ0n) is 15.8. The molecule has 6 rings (SSSR count). The molecule has 2 heterocycles. The number of rotatable bonds is 1. The van der Waals surface area contributed by atoms with E-state index >= 15 is 0 Å². The molecule has 0 saturated heterocycles. The minimum atomic E-state index is -6.00. The molecule has 1 aromatic rings. The summed E-state index contributed by atoms with van der Waals surface area (Å²) in [5.74, 6) is 1.81. The second kappa shape index (κ2) is 5.45. The van der Waals surface area contributed by atoms with Gasteiger partial charge < -0.3 is 17.3 Å². The van der Waals surface area contributed by atoms with Gasteiger partial charge in [0.05, 0.1) is 18.9 Å². The van der Waals surface area contributed by atoms with Crippen LogP contribution in [0.4, 0.5) is 17.3 Å². The first kappa shape index (κ1) is 18.7. The SMILES string of the molecule is C[n+]1nnn2c1[C@@]1([N+](=O)[O-])[C@H]([C@@H]3C=C[C@H]1C3)[C@@]1(C)[C@@H]3C=C[C@@H](C3)[C@@H]21.F[B-](F)(F)F. The highest BCUT2D eigenvalue weighted by molar-refractivity contribution is 6.50. The maximum Gasteiger partial charge on any atom is 0.673 e. The highest BCUT2D eigenvalue weighted by atomic mass is 19.5. The van der Waals surface area contributed by atoms with Crippen molar-refractivity contribution in [1.29, 1.82) is 0 Å². The molecule has 12 heteroatoms. The summed E-state index contributed by atoms with van der Waals surface area (Å²) >= 11 is 0. The largest absolute Gasteiger partial charge is 0.673 e. The van der Waals surface area contributed by atoms with Crippen molar-refractivity contribution in [3.8, 4) is 0 Å². The molecule has 4 bridgehead atoms. The first-order valence-electron chi connectivity index (χ1n) is 9.71.